The van der Waals surface area contributed by atoms with Crippen molar-refractivity contribution >= 4 is 5.97 Å². The second-order valence-corrected chi connectivity index (χ2v) is 6.14. The first kappa shape index (κ1) is 18.6. The molecule has 0 amide bonds. The first-order chi connectivity index (χ1) is 12.9. The zero-order valence-electron chi connectivity index (χ0n) is 14.9. The van der Waals surface area contributed by atoms with Gasteiger partial charge in [-0.3, -0.25) is 0 Å². The van der Waals surface area contributed by atoms with Crippen LogP contribution in [0.1, 0.15) is 21.5 Å². The Morgan fingerprint density at radius 1 is 0.852 bits per heavy atom. The molecular formula is C22H18F2O3. The van der Waals surface area contributed by atoms with Crippen molar-refractivity contribution in [2.75, 3.05) is 0 Å². The smallest absolute Gasteiger partial charge is 0.387 e. The third-order valence-corrected chi connectivity index (χ3v) is 4.08. The lowest BCUT2D eigenvalue weighted by atomic mass is 10.0. The summed E-state index contributed by atoms with van der Waals surface area (Å²) in [6.45, 7) is 0.987. The minimum Gasteiger partial charge on any atom is -0.435 e. The Hall–Kier alpha value is -3.21. The summed E-state index contributed by atoms with van der Waals surface area (Å²) in [5, 5.41) is 0. The summed E-state index contributed by atoms with van der Waals surface area (Å²) >= 11 is 0. The van der Waals surface area contributed by atoms with Crippen LogP contribution in [-0.4, -0.2) is 12.6 Å². The normalized spacial score (nSPS) is 10.7. The number of carbonyl (C=O) groups is 1. The molecule has 5 heteroatoms. The number of halogens is 2. The van der Waals surface area contributed by atoms with Crippen molar-refractivity contribution in [3.63, 3.8) is 0 Å². The number of benzene rings is 3. The molecule has 0 N–H and O–H groups in total. The molecule has 0 fully saturated rings. The van der Waals surface area contributed by atoms with E-state index < -0.39 is 12.6 Å². The van der Waals surface area contributed by atoms with Crippen LogP contribution in [0.4, 0.5) is 8.78 Å². The lowest BCUT2D eigenvalue weighted by Gasteiger charge is -2.10. The van der Waals surface area contributed by atoms with Gasteiger partial charge in [0.25, 0.3) is 0 Å². The fourth-order valence-corrected chi connectivity index (χ4v) is 2.62. The van der Waals surface area contributed by atoms with Crippen LogP contribution in [0.3, 0.4) is 0 Å². The van der Waals surface area contributed by atoms with Crippen molar-refractivity contribution in [1.29, 1.82) is 0 Å². The van der Waals surface area contributed by atoms with Gasteiger partial charge in [0.1, 0.15) is 11.5 Å². The van der Waals surface area contributed by atoms with E-state index >= 15 is 0 Å². The van der Waals surface area contributed by atoms with Crippen LogP contribution in [0.5, 0.6) is 11.5 Å². The average molecular weight is 368 g/mol. The van der Waals surface area contributed by atoms with Crippen molar-refractivity contribution < 1.29 is 23.0 Å². The monoisotopic (exact) mass is 368 g/mol. The SMILES string of the molecule is Cc1ccc(-c2ccc(OC(=O)c3ccc(OC(F)F)cc3)c(C)c2)cc1. The zero-order valence-corrected chi connectivity index (χ0v) is 14.9. The van der Waals surface area contributed by atoms with Crippen LogP contribution in [0.25, 0.3) is 11.1 Å². The predicted molar refractivity (Wildman–Crippen MR) is 99.4 cm³/mol. The second kappa shape index (κ2) is 7.99. The Bertz CT molecular complexity index is 933. The molecule has 0 bridgehead atoms. The summed E-state index contributed by atoms with van der Waals surface area (Å²) in [6.07, 6.45) is 0. The van der Waals surface area contributed by atoms with Crippen LogP contribution in [0.15, 0.2) is 66.7 Å². The third-order valence-electron chi connectivity index (χ3n) is 4.08. The molecule has 0 unspecified atom stereocenters. The maximum absolute atomic E-state index is 12.3. The highest BCUT2D eigenvalue weighted by Gasteiger charge is 2.12. The number of alkyl halides is 2. The van der Waals surface area contributed by atoms with Gasteiger partial charge in [-0.1, -0.05) is 35.9 Å². The van der Waals surface area contributed by atoms with E-state index in [-0.39, 0.29) is 11.3 Å². The average Bonchev–Trinajstić information content (AvgIpc) is 2.64. The Balaban J connectivity index is 1.73. The summed E-state index contributed by atoms with van der Waals surface area (Å²) in [5.41, 5.74) is 4.36. The van der Waals surface area contributed by atoms with Gasteiger partial charge in [-0.25, -0.2) is 4.79 Å². The molecule has 138 valence electrons. The molecule has 0 saturated heterocycles. The number of esters is 1. The Kier molecular flexibility index (Phi) is 5.50. The molecule has 0 aliphatic rings. The minimum absolute atomic E-state index is 0.0137. The number of aryl methyl sites for hydroxylation is 2. The lowest BCUT2D eigenvalue weighted by molar-refractivity contribution is -0.0498. The molecule has 0 atom stereocenters. The highest BCUT2D eigenvalue weighted by Crippen LogP contribution is 2.27. The van der Waals surface area contributed by atoms with E-state index in [0.29, 0.717) is 5.75 Å². The van der Waals surface area contributed by atoms with E-state index in [4.69, 9.17) is 4.74 Å². The molecule has 3 rings (SSSR count). The van der Waals surface area contributed by atoms with Gasteiger partial charge >= 0.3 is 12.6 Å². The van der Waals surface area contributed by atoms with Crippen molar-refractivity contribution in [3.05, 3.63) is 83.4 Å². The molecule has 3 aromatic carbocycles. The number of carbonyl (C=O) groups excluding carboxylic acids is 1. The fraction of sp³-hybridized carbons (Fsp3) is 0.136. The van der Waals surface area contributed by atoms with Crippen molar-refractivity contribution in [3.8, 4) is 22.6 Å². The topological polar surface area (TPSA) is 35.5 Å². The number of ether oxygens (including phenoxy) is 2. The summed E-state index contributed by atoms with van der Waals surface area (Å²) in [6, 6.07) is 19.1. The van der Waals surface area contributed by atoms with Crippen LogP contribution >= 0.6 is 0 Å². The van der Waals surface area contributed by atoms with Gasteiger partial charge in [0.15, 0.2) is 0 Å². The number of hydrogen-bond donors (Lipinski definition) is 0. The van der Waals surface area contributed by atoms with Crippen LogP contribution in [0, 0.1) is 13.8 Å². The summed E-state index contributed by atoms with van der Waals surface area (Å²) in [5.74, 6) is -0.131. The summed E-state index contributed by atoms with van der Waals surface area (Å²) in [4.78, 5) is 12.3. The van der Waals surface area contributed by atoms with Crippen molar-refractivity contribution in [2.24, 2.45) is 0 Å². The van der Waals surface area contributed by atoms with E-state index in [9.17, 15) is 13.6 Å². The Morgan fingerprint density at radius 2 is 1.48 bits per heavy atom. The fourth-order valence-electron chi connectivity index (χ4n) is 2.62. The molecular weight excluding hydrogens is 350 g/mol. The largest absolute Gasteiger partial charge is 0.435 e. The Morgan fingerprint density at radius 3 is 2.07 bits per heavy atom. The highest BCUT2D eigenvalue weighted by molar-refractivity contribution is 5.91. The molecule has 0 radical (unpaired) electrons. The summed E-state index contributed by atoms with van der Waals surface area (Å²) in [7, 11) is 0. The maximum Gasteiger partial charge on any atom is 0.387 e. The molecule has 0 spiro atoms. The molecule has 0 aliphatic carbocycles. The zero-order chi connectivity index (χ0) is 19.4. The summed E-state index contributed by atoms with van der Waals surface area (Å²) < 4.78 is 34.0. The van der Waals surface area contributed by atoms with Gasteiger partial charge in [0.2, 0.25) is 0 Å². The van der Waals surface area contributed by atoms with E-state index in [1.54, 1.807) is 6.07 Å². The quantitative estimate of drug-likeness (QED) is 0.422. The highest BCUT2D eigenvalue weighted by atomic mass is 19.3. The van der Waals surface area contributed by atoms with Gasteiger partial charge < -0.3 is 9.47 Å². The van der Waals surface area contributed by atoms with Gasteiger partial charge in [0.05, 0.1) is 5.56 Å². The lowest BCUT2D eigenvalue weighted by Crippen LogP contribution is -2.09. The maximum atomic E-state index is 12.3. The van der Waals surface area contributed by atoms with Crippen LogP contribution in [0.2, 0.25) is 0 Å². The van der Waals surface area contributed by atoms with Crippen molar-refractivity contribution in [1.82, 2.24) is 0 Å². The molecule has 0 aromatic heterocycles. The van der Waals surface area contributed by atoms with E-state index in [0.717, 1.165) is 16.7 Å². The van der Waals surface area contributed by atoms with Gasteiger partial charge in [-0.05, 0) is 66.9 Å². The van der Waals surface area contributed by atoms with E-state index in [1.807, 2.05) is 50.2 Å². The van der Waals surface area contributed by atoms with Crippen LogP contribution in [-0.2, 0) is 0 Å². The molecule has 0 saturated carbocycles. The van der Waals surface area contributed by atoms with E-state index in [1.165, 1.54) is 29.8 Å². The number of hydrogen-bond acceptors (Lipinski definition) is 3. The first-order valence-electron chi connectivity index (χ1n) is 8.37. The van der Waals surface area contributed by atoms with E-state index in [2.05, 4.69) is 4.74 Å². The minimum atomic E-state index is -2.91. The predicted octanol–water partition coefficient (Wildman–Crippen LogP) is 5.79. The van der Waals surface area contributed by atoms with Crippen molar-refractivity contribution in [2.45, 2.75) is 20.5 Å². The standard InChI is InChI=1S/C22H18F2O3/c1-14-3-5-16(6-4-14)18-9-12-20(15(2)13-18)27-21(25)17-7-10-19(11-8-17)26-22(23)24/h3-13,22H,1-2H3. The van der Waals surface area contributed by atoms with Crippen LogP contribution < -0.4 is 9.47 Å². The third kappa shape index (κ3) is 4.70. The molecule has 3 aromatic rings. The van der Waals surface area contributed by atoms with Gasteiger partial charge in [0, 0.05) is 0 Å². The number of rotatable bonds is 5. The molecule has 27 heavy (non-hydrogen) atoms. The van der Waals surface area contributed by atoms with Gasteiger partial charge in [-0.15, -0.1) is 0 Å². The Labute approximate surface area is 156 Å². The second-order valence-electron chi connectivity index (χ2n) is 6.14. The first-order valence-corrected chi connectivity index (χ1v) is 8.37. The molecule has 0 aliphatic heterocycles. The molecule has 3 nitrogen and oxygen atoms in total. The molecule has 0 heterocycles. The van der Waals surface area contributed by atoms with Gasteiger partial charge in [-0.2, -0.15) is 8.78 Å².